The Morgan fingerprint density at radius 2 is 1.93 bits per heavy atom. The Hall–Kier alpha value is -2.53. The van der Waals surface area contributed by atoms with Gasteiger partial charge in [0.05, 0.1) is 7.11 Å². The fourth-order valence-corrected chi connectivity index (χ4v) is 3.37. The zero-order valence-corrected chi connectivity index (χ0v) is 17.3. The topological polar surface area (TPSA) is 58.6 Å². The number of likely N-dealkylation sites (N-methyl/N-ethyl adjacent to an activating group) is 1. The van der Waals surface area contributed by atoms with Crippen LogP contribution >= 0.6 is 11.6 Å². The molecule has 0 aliphatic carbocycles. The maximum absolute atomic E-state index is 13.1. The minimum absolute atomic E-state index is 0.0850. The average molecular weight is 403 g/mol. The van der Waals surface area contributed by atoms with Crippen LogP contribution in [0.4, 0.5) is 0 Å². The predicted molar refractivity (Wildman–Crippen MR) is 111 cm³/mol. The summed E-state index contributed by atoms with van der Waals surface area (Å²) in [6, 6.07) is 14.5. The van der Waals surface area contributed by atoms with Crippen molar-refractivity contribution < 1.29 is 14.3 Å². The minimum Gasteiger partial charge on any atom is -0.497 e. The highest BCUT2D eigenvalue weighted by molar-refractivity contribution is 6.31. The second kappa shape index (κ2) is 10.7. The van der Waals surface area contributed by atoms with E-state index < -0.39 is 6.04 Å². The van der Waals surface area contributed by atoms with Gasteiger partial charge in [-0.1, -0.05) is 48.9 Å². The quantitative estimate of drug-likeness (QED) is 0.693. The van der Waals surface area contributed by atoms with Gasteiger partial charge >= 0.3 is 0 Å². The lowest BCUT2D eigenvalue weighted by Gasteiger charge is -2.30. The van der Waals surface area contributed by atoms with Crippen LogP contribution in [-0.4, -0.2) is 36.9 Å². The number of methoxy groups -OCH3 is 1. The smallest absolute Gasteiger partial charge is 0.242 e. The average Bonchev–Trinajstić information content (AvgIpc) is 2.72. The second-order valence-corrected chi connectivity index (χ2v) is 6.91. The number of carbonyl (C=O) groups is 2. The Morgan fingerprint density at radius 1 is 1.18 bits per heavy atom. The Labute approximate surface area is 171 Å². The molecule has 0 radical (unpaired) electrons. The van der Waals surface area contributed by atoms with Crippen molar-refractivity contribution in [2.45, 2.75) is 38.8 Å². The first-order valence-electron chi connectivity index (χ1n) is 9.37. The molecule has 0 saturated heterocycles. The molecule has 2 amide bonds. The summed E-state index contributed by atoms with van der Waals surface area (Å²) in [5.74, 6) is 0.462. The SMILES string of the molecule is CC[C@@H](C(=O)NC)N(Cc1cccc(OC)c1)C(=O)CCc1ccccc1Cl. The van der Waals surface area contributed by atoms with E-state index >= 15 is 0 Å². The van der Waals surface area contributed by atoms with Crippen molar-refractivity contribution in [2.75, 3.05) is 14.2 Å². The van der Waals surface area contributed by atoms with Gasteiger partial charge in [0.1, 0.15) is 11.8 Å². The molecule has 150 valence electrons. The Balaban J connectivity index is 2.22. The van der Waals surface area contributed by atoms with Crippen LogP contribution in [0.1, 0.15) is 30.9 Å². The molecule has 2 aromatic carbocycles. The molecule has 0 saturated carbocycles. The maximum atomic E-state index is 13.1. The lowest BCUT2D eigenvalue weighted by atomic mass is 10.1. The molecule has 5 nitrogen and oxygen atoms in total. The van der Waals surface area contributed by atoms with Gasteiger partial charge in [0.2, 0.25) is 11.8 Å². The number of amides is 2. The molecule has 0 aliphatic rings. The van der Waals surface area contributed by atoms with E-state index in [9.17, 15) is 9.59 Å². The van der Waals surface area contributed by atoms with Crippen LogP contribution in [0, 0.1) is 0 Å². The number of rotatable bonds is 9. The lowest BCUT2D eigenvalue weighted by molar-refractivity contribution is -0.141. The van der Waals surface area contributed by atoms with Gasteiger partial charge in [-0.05, 0) is 42.2 Å². The number of nitrogens with one attached hydrogen (secondary N) is 1. The second-order valence-electron chi connectivity index (χ2n) is 6.50. The first kappa shape index (κ1) is 21.8. The molecule has 0 unspecified atom stereocenters. The lowest BCUT2D eigenvalue weighted by Crippen LogP contribution is -2.48. The van der Waals surface area contributed by atoms with Gasteiger partial charge in [-0.25, -0.2) is 0 Å². The first-order chi connectivity index (χ1) is 13.5. The molecule has 0 bridgehead atoms. The van der Waals surface area contributed by atoms with Gasteiger partial charge < -0.3 is 15.0 Å². The number of aryl methyl sites for hydroxylation is 1. The molecule has 1 atom stereocenters. The molecule has 28 heavy (non-hydrogen) atoms. The van der Waals surface area contributed by atoms with Gasteiger partial charge in [-0.15, -0.1) is 0 Å². The van der Waals surface area contributed by atoms with Crippen molar-refractivity contribution in [3.8, 4) is 5.75 Å². The standard InChI is InChI=1S/C22H27ClN2O3/c1-4-20(22(27)24-2)25(15-16-8-7-10-18(14-16)28-3)21(26)13-12-17-9-5-6-11-19(17)23/h5-11,14,20H,4,12-13,15H2,1-3H3,(H,24,27)/t20-/m0/s1. The molecule has 2 rings (SSSR count). The summed E-state index contributed by atoms with van der Waals surface area (Å²) < 4.78 is 5.27. The summed E-state index contributed by atoms with van der Waals surface area (Å²) in [5, 5.41) is 3.31. The van der Waals surface area contributed by atoms with Crippen LogP contribution in [0.5, 0.6) is 5.75 Å². The number of benzene rings is 2. The Morgan fingerprint density at radius 3 is 2.57 bits per heavy atom. The van der Waals surface area contributed by atoms with E-state index in [1.165, 1.54) is 0 Å². The number of nitrogens with zero attached hydrogens (tertiary/aromatic N) is 1. The van der Waals surface area contributed by atoms with Gasteiger partial charge in [0, 0.05) is 25.0 Å². The summed E-state index contributed by atoms with van der Waals surface area (Å²) in [5.41, 5.74) is 1.83. The maximum Gasteiger partial charge on any atom is 0.242 e. The molecule has 6 heteroatoms. The highest BCUT2D eigenvalue weighted by atomic mass is 35.5. The summed E-state index contributed by atoms with van der Waals surface area (Å²) in [6.45, 7) is 2.24. The zero-order chi connectivity index (χ0) is 20.5. The summed E-state index contributed by atoms with van der Waals surface area (Å²) in [7, 11) is 3.19. The van der Waals surface area contributed by atoms with Crippen LogP contribution in [0.25, 0.3) is 0 Å². The van der Waals surface area contributed by atoms with Gasteiger partial charge in [-0.2, -0.15) is 0 Å². The van der Waals surface area contributed by atoms with Crippen molar-refractivity contribution in [3.05, 3.63) is 64.7 Å². The molecule has 1 N–H and O–H groups in total. The van der Waals surface area contributed by atoms with E-state index in [4.69, 9.17) is 16.3 Å². The van der Waals surface area contributed by atoms with Crippen LogP contribution in [-0.2, 0) is 22.6 Å². The number of hydrogen-bond donors (Lipinski definition) is 1. The highest BCUT2D eigenvalue weighted by Gasteiger charge is 2.27. The Kier molecular flexibility index (Phi) is 8.33. The monoisotopic (exact) mass is 402 g/mol. The fourth-order valence-electron chi connectivity index (χ4n) is 3.14. The molecule has 0 aromatic heterocycles. The molecular formula is C22H27ClN2O3. The van der Waals surface area contributed by atoms with Gasteiger partial charge in [0.15, 0.2) is 0 Å². The third-order valence-corrected chi connectivity index (χ3v) is 5.05. The number of hydrogen-bond acceptors (Lipinski definition) is 3. The molecular weight excluding hydrogens is 376 g/mol. The van der Waals surface area contributed by atoms with E-state index in [1.54, 1.807) is 19.1 Å². The van der Waals surface area contributed by atoms with Gasteiger partial charge in [0.25, 0.3) is 0 Å². The third-order valence-electron chi connectivity index (χ3n) is 4.69. The highest BCUT2D eigenvalue weighted by Crippen LogP contribution is 2.20. The first-order valence-corrected chi connectivity index (χ1v) is 9.75. The molecule has 0 fully saturated rings. The molecule has 0 spiro atoms. The molecule has 0 aliphatic heterocycles. The van der Waals surface area contributed by atoms with E-state index in [0.717, 1.165) is 11.1 Å². The van der Waals surface area contributed by atoms with Crippen LogP contribution in [0.3, 0.4) is 0 Å². The largest absolute Gasteiger partial charge is 0.497 e. The zero-order valence-electron chi connectivity index (χ0n) is 16.6. The van der Waals surface area contributed by atoms with Crippen LogP contribution in [0.2, 0.25) is 5.02 Å². The summed E-state index contributed by atoms with van der Waals surface area (Å²) in [6.07, 6.45) is 1.33. The number of ether oxygens (including phenoxy) is 1. The molecule has 0 heterocycles. The van der Waals surface area contributed by atoms with E-state index in [-0.39, 0.29) is 18.2 Å². The van der Waals surface area contributed by atoms with E-state index in [1.807, 2.05) is 55.5 Å². The number of halogens is 1. The summed E-state index contributed by atoms with van der Waals surface area (Å²) in [4.78, 5) is 27.1. The molecule has 2 aromatic rings. The third kappa shape index (κ3) is 5.73. The van der Waals surface area contributed by atoms with E-state index in [0.29, 0.717) is 30.2 Å². The van der Waals surface area contributed by atoms with Crippen molar-refractivity contribution in [1.29, 1.82) is 0 Å². The minimum atomic E-state index is -0.532. The van der Waals surface area contributed by atoms with Crippen LogP contribution in [0.15, 0.2) is 48.5 Å². The normalized spacial score (nSPS) is 11.6. The van der Waals surface area contributed by atoms with Crippen LogP contribution < -0.4 is 10.1 Å². The van der Waals surface area contributed by atoms with Gasteiger partial charge in [-0.3, -0.25) is 9.59 Å². The van der Waals surface area contributed by atoms with Crippen molar-refractivity contribution in [2.24, 2.45) is 0 Å². The summed E-state index contributed by atoms with van der Waals surface area (Å²) >= 11 is 6.21. The predicted octanol–water partition coefficient (Wildman–Crippen LogP) is 3.83. The van der Waals surface area contributed by atoms with Crippen molar-refractivity contribution in [1.82, 2.24) is 10.2 Å². The number of carbonyl (C=O) groups excluding carboxylic acids is 2. The fraction of sp³-hybridized carbons (Fsp3) is 0.364. The van der Waals surface area contributed by atoms with E-state index in [2.05, 4.69) is 5.32 Å². The van der Waals surface area contributed by atoms with Crippen molar-refractivity contribution >= 4 is 23.4 Å². The Bertz CT molecular complexity index is 810. The van der Waals surface area contributed by atoms with Crippen molar-refractivity contribution in [3.63, 3.8) is 0 Å².